The number of rotatable bonds is 5. The molecule has 3 heterocycles. The van der Waals surface area contributed by atoms with E-state index in [0.717, 1.165) is 33.4 Å². The lowest BCUT2D eigenvalue weighted by molar-refractivity contribution is 0.234. The molecule has 0 amide bonds. The molecule has 7 nitrogen and oxygen atoms in total. The third kappa shape index (κ3) is 3.79. The molecule has 0 saturated carbocycles. The van der Waals surface area contributed by atoms with Crippen LogP contribution in [0.1, 0.15) is 13.8 Å². The fraction of sp³-hybridized carbons (Fsp3) is 0.174. The minimum absolute atomic E-state index is 0.0187. The maximum atomic E-state index is 13.8. The van der Waals surface area contributed by atoms with Crippen LogP contribution in [0.15, 0.2) is 54.7 Å². The van der Waals surface area contributed by atoms with E-state index in [1.54, 1.807) is 12.3 Å². The van der Waals surface area contributed by atoms with E-state index in [1.165, 1.54) is 12.1 Å². The van der Waals surface area contributed by atoms with E-state index < -0.39 is 0 Å². The van der Waals surface area contributed by atoms with Crippen molar-refractivity contribution in [3.63, 3.8) is 0 Å². The number of ether oxygens (including phenoxy) is 1. The summed E-state index contributed by atoms with van der Waals surface area (Å²) in [7, 11) is 0. The van der Waals surface area contributed by atoms with Gasteiger partial charge in [0.05, 0.1) is 18.3 Å². The van der Waals surface area contributed by atoms with Crippen LogP contribution >= 0.6 is 0 Å². The van der Waals surface area contributed by atoms with E-state index in [4.69, 9.17) is 4.74 Å². The fourth-order valence-electron chi connectivity index (χ4n) is 3.57. The van der Waals surface area contributed by atoms with Crippen LogP contribution in [0, 0.1) is 5.82 Å². The molecule has 0 bridgehead atoms. The van der Waals surface area contributed by atoms with Crippen LogP contribution in [-0.4, -0.2) is 27.7 Å². The average molecular weight is 416 g/mol. The first kappa shape index (κ1) is 19.0. The predicted molar refractivity (Wildman–Crippen MR) is 120 cm³/mol. The lowest BCUT2D eigenvalue weighted by Crippen LogP contribution is -2.10. The van der Waals surface area contributed by atoms with E-state index in [0.29, 0.717) is 24.3 Å². The number of nitrogens with zero attached hydrogens (tertiary/aromatic N) is 3. The van der Waals surface area contributed by atoms with Crippen molar-refractivity contribution in [3.05, 3.63) is 60.5 Å². The number of hydrogen-bond donors (Lipinski definition) is 3. The maximum Gasteiger partial charge on any atom is 0.244 e. The highest BCUT2D eigenvalue weighted by atomic mass is 19.1. The van der Waals surface area contributed by atoms with Gasteiger partial charge in [0, 0.05) is 17.3 Å². The number of pyridine rings is 1. The first-order chi connectivity index (χ1) is 15.1. The molecular weight excluding hydrogens is 395 g/mol. The average Bonchev–Trinajstić information content (AvgIpc) is 3.22. The third-order valence-corrected chi connectivity index (χ3v) is 4.88. The van der Waals surface area contributed by atoms with E-state index >= 15 is 0 Å². The summed E-state index contributed by atoms with van der Waals surface area (Å²) in [6.45, 7) is 4.48. The standard InChI is InChI=1S/C23H21FN6O/c1-13(2)31-22-20-21(27-12-26-20)29-23(30-22)28-16-6-7-19-18(11-16)17(8-9-25-19)14-4-3-5-15(24)10-14/h3-11,13,26H,12H2,1-2H3,(H2,27,28,29,30). The molecule has 0 atom stereocenters. The van der Waals surface area contributed by atoms with Crippen LogP contribution in [0.3, 0.4) is 0 Å². The second-order valence-corrected chi connectivity index (χ2v) is 7.50. The zero-order chi connectivity index (χ0) is 21.4. The van der Waals surface area contributed by atoms with Crippen LogP contribution in [-0.2, 0) is 0 Å². The monoisotopic (exact) mass is 416 g/mol. The first-order valence-corrected chi connectivity index (χ1v) is 10.0. The second-order valence-electron chi connectivity index (χ2n) is 7.50. The Balaban J connectivity index is 1.54. The Labute approximate surface area is 178 Å². The van der Waals surface area contributed by atoms with Gasteiger partial charge in [-0.1, -0.05) is 12.1 Å². The molecule has 1 aliphatic rings. The lowest BCUT2D eigenvalue weighted by atomic mass is 10.0. The predicted octanol–water partition coefficient (Wildman–Crippen LogP) is 5.16. The fourth-order valence-corrected chi connectivity index (χ4v) is 3.57. The normalized spacial score (nSPS) is 12.4. The molecule has 31 heavy (non-hydrogen) atoms. The minimum atomic E-state index is -0.276. The van der Waals surface area contributed by atoms with E-state index in [2.05, 4.69) is 30.9 Å². The van der Waals surface area contributed by atoms with Gasteiger partial charge in [-0.25, -0.2) is 4.39 Å². The highest BCUT2D eigenvalue weighted by Gasteiger charge is 2.21. The highest BCUT2D eigenvalue weighted by molar-refractivity contribution is 5.96. The summed E-state index contributed by atoms with van der Waals surface area (Å²) in [5.41, 5.74) is 4.06. The molecule has 2 aromatic heterocycles. The third-order valence-electron chi connectivity index (χ3n) is 4.88. The summed E-state index contributed by atoms with van der Waals surface area (Å²) in [6, 6.07) is 14.2. The minimum Gasteiger partial charge on any atom is -0.473 e. The number of benzene rings is 2. The smallest absolute Gasteiger partial charge is 0.244 e. The van der Waals surface area contributed by atoms with Gasteiger partial charge in [0.25, 0.3) is 0 Å². The van der Waals surface area contributed by atoms with Crippen LogP contribution in [0.25, 0.3) is 22.0 Å². The molecule has 1 aliphatic heterocycles. The Kier molecular flexibility index (Phi) is 4.74. The Hall–Kier alpha value is -3.94. The Morgan fingerprint density at radius 3 is 2.81 bits per heavy atom. The Bertz CT molecular complexity index is 1280. The van der Waals surface area contributed by atoms with Crippen molar-refractivity contribution in [2.24, 2.45) is 0 Å². The van der Waals surface area contributed by atoms with Crippen molar-refractivity contribution in [3.8, 4) is 17.0 Å². The quantitative estimate of drug-likeness (QED) is 0.415. The molecular formula is C23H21FN6O. The first-order valence-electron chi connectivity index (χ1n) is 10.0. The van der Waals surface area contributed by atoms with Crippen molar-refractivity contribution in [2.75, 3.05) is 22.6 Å². The summed E-state index contributed by atoms with van der Waals surface area (Å²) in [4.78, 5) is 13.5. The van der Waals surface area contributed by atoms with Crippen molar-refractivity contribution in [1.82, 2.24) is 15.0 Å². The molecule has 2 aromatic carbocycles. The van der Waals surface area contributed by atoms with Crippen molar-refractivity contribution < 1.29 is 9.13 Å². The molecule has 0 unspecified atom stereocenters. The Morgan fingerprint density at radius 2 is 1.97 bits per heavy atom. The van der Waals surface area contributed by atoms with Gasteiger partial charge in [0.15, 0.2) is 5.82 Å². The number of hydrogen-bond acceptors (Lipinski definition) is 7. The number of halogens is 1. The van der Waals surface area contributed by atoms with Crippen LogP contribution in [0.2, 0.25) is 0 Å². The molecule has 4 aromatic rings. The molecule has 0 fully saturated rings. The molecule has 5 rings (SSSR count). The van der Waals surface area contributed by atoms with Crippen molar-refractivity contribution >= 4 is 34.0 Å². The van der Waals surface area contributed by atoms with Gasteiger partial charge in [-0.3, -0.25) is 4.98 Å². The molecule has 3 N–H and O–H groups in total. The molecule has 0 spiro atoms. The summed E-state index contributed by atoms with van der Waals surface area (Å²) in [5.74, 6) is 1.33. The van der Waals surface area contributed by atoms with Gasteiger partial charge in [0.1, 0.15) is 11.5 Å². The van der Waals surface area contributed by atoms with E-state index in [9.17, 15) is 4.39 Å². The number of nitrogens with one attached hydrogen (secondary N) is 3. The zero-order valence-electron chi connectivity index (χ0n) is 17.1. The number of aromatic nitrogens is 3. The van der Waals surface area contributed by atoms with Crippen molar-refractivity contribution in [1.29, 1.82) is 0 Å². The summed E-state index contributed by atoms with van der Waals surface area (Å²) >= 11 is 0. The Morgan fingerprint density at radius 1 is 1.06 bits per heavy atom. The van der Waals surface area contributed by atoms with Crippen molar-refractivity contribution in [2.45, 2.75) is 20.0 Å². The molecule has 8 heteroatoms. The number of anilines is 4. The molecule has 156 valence electrons. The zero-order valence-corrected chi connectivity index (χ0v) is 17.1. The molecule has 0 aliphatic carbocycles. The summed E-state index contributed by atoms with van der Waals surface area (Å²) in [5, 5.41) is 10.5. The van der Waals surface area contributed by atoms with Crippen LogP contribution in [0.4, 0.5) is 27.5 Å². The van der Waals surface area contributed by atoms with Crippen LogP contribution < -0.4 is 20.7 Å². The topological polar surface area (TPSA) is 84.0 Å². The maximum absolute atomic E-state index is 13.8. The molecule has 0 saturated heterocycles. The summed E-state index contributed by atoms with van der Waals surface area (Å²) < 4.78 is 19.6. The van der Waals surface area contributed by atoms with Gasteiger partial charge in [-0.05, 0) is 61.4 Å². The highest BCUT2D eigenvalue weighted by Crippen LogP contribution is 2.36. The van der Waals surface area contributed by atoms with Gasteiger partial charge in [-0.15, -0.1) is 0 Å². The van der Waals surface area contributed by atoms with Gasteiger partial charge in [0.2, 0.25) is 11.8 Å². The van der Waals surface area contributed by atoms with Gasteiger partial charge in [-0.2, -0.15) is 9.97 Å². The lowest BCUT2D eigenvalue weighted by Gasteiger charge is -2.14. The SMILES string of the molecule is CC(C)Oc1nc(Nc2ccc3nccc(-c4cccc(F)c4)c3c2)nc2c1NCN2. The summed E-state index contributed by atoms with van der Waals surface area (Å²) in [6.07, 6.45) is 1.71. The van der Waals surface area contributed by atoms with Gasteiger partial charge < -0.3 is 20.7 Å². The number of fused-ring (bicyclic) bond motifs is 2. The van der Waals surface area contributed by atoms with E-state index in [-0.39, 0.29) is 11.9 Å². The second kappa shape index (κ2) is 7.71. The van der Waals surface area contributed by atoms with Crippen LogP contribution in [0.5, 0.6) is 5.88 Å². The largest absolute Gasteiger partial charge is 0.473 e. The van der Waals surface area contributed by atoms with Gasteiger partial charge >= 0.3 is 0 Å². The molecule has 0 radical (unpaired) electrons. The van der Waals surface area contributed by atoms with E-state index in [1.807, 2.05) is 44.2 Å².